The Balaban J connectivity index is 5.23. The SMILES string of the molecule is CCCCCCCCCCCCC(=O)O[C@H](COC(=O)CCCCCCCCCC)COP(=O)(O)OC[C@H](O)COP(=O)(O)OC[C@@H](COC(=O)CCCCCCCCCCCCC(C)CC)OC(=O)CCCCCCCCCCCCCCC(C)C. The highest BCUT2D eigenvalue weighted by atomic mass is 31.2. The molecule has 0 aromatic rings. The van der Waals surface area contributed by atoms with E-state index >= 15 is 0 Å². The summed E-state index contributed by atoms with van der Waals surface area (Å²) in [7, 11) is -9.89. The second-order valence-corrected chi connectivity index (χ2v) is 28.2. The molecule has 0 aromatic carbocycles. The maximum atomic E-state index is 13.0. The van der Waals surface area contributed by atoms with Gasteiger partial charge in [-0.05, 0) is 37.5 Å². The van der Waals surface area contributed by atoms with Crippen LogP contribution in [0.4, 0.5) is 0 Å². The number of hydrogen-bond donors (Lipinski definition) is 3. The number of ether oxygens (including phenoxy) is 4. The molecule has 0 saturated heterocycles. The first-order chi connectivity index (χ1) is 41.9. The van der Waals surface area contributed by atoms with Gasteiger partial charge >= 0.3 is 39.5 Å². The Morgan fingerprint density at radius 3 is 0.874 bits per heavy atom. The molecule has 0 aliphatic heterocycles. The Morgan fingerprint density at radius 2 is 0.586 bits per heavy atom. The lowest BCUT2D eigenvalue weighted by atomic mass is 9.99. The molecule has 0 bridgehead atoms. The molecule has 0 rings (SSSR count). The number of esters is 4. The van der Waals surface area contributed by atoms with Gasteiger partial charge in [0.25, 0.3) is 0 Å². The quantitative estimate of drug-likeness (QED) is 0.0222. The van der Waals surface area contributed by atoms with Crippen LogP contribution in [0.1, 0.15) is 343 Å². The Hall–Kier alpha value is -1.94. The van der Waals surface area contributed by atoms with Crippen molar-refractivity contribution in [3.05, 3.63) is 0 Å². The maximum absolute atomic E-state index is 13.0. The number of unbranched alkanes of at least 4 members (excludes halogenated alkanes) is 36. The molecule has 0 aromatic heterocycles. The second-order valence-electron chi connectivity index (χ2n) is 25.3. The average Bonchev–Trinajstić information content (AvgIpc) is 3.71. The predicted octanol–water partition coefficient (Wildman–Crippen LogP) is 19.2. The summed E-state index contributed by atoms with van der Waals surface area (Å²) in [6.45, 7) is 9.54. The van der Waals surface area contributed by atoms with Crippen LogP contribution in [0.15, 0.2) is 0 Å². The molecule has 87 heavy (non-hydrogen) atoms. The van der Waals surface area contributed by atoms with Gasteiger partial charge in [-0.25, -0.2) is 9.13 Å². The van der Waals surface area contributed by atoms with Crippen LogP contribution >= 0.6 is 15.6 Å². The van der Waals surface area contributed by atoms with Gasteiger partial charge in [0.1, 0.15) is 19.3 Å². The van der Waals surface area contributed by atoms with Gasteiger partial charge in [-0.1, -0.05) is 292 Å². The topological polar surface area (TPSA) is 237 Å². The lowest BCUT2D eigenvalue weighted by Crippen LogP contribution is -2.30. The molecule has 3 N–H and O–H groups in total. The van der Waals surface area contributed by atoms with Crippen molar-refractivity contribution in [1.82, 2.24) is 0 Å². The monoisotopic (exact) mass is 1280 g/mol. The van der Waals surface area contributed by atoms with E-state index in [1.807, 2.05) is 0 Å². The lowest BCUT2D eigenvalue weighted by molar-refractivity contribution is -0.161. The van der Waals surface area contributed by atoms with Crippen LogP contribution in [0.3, 0.4) is 0 Å². The number of aliphatic hydroxyl groups is 1. The van der Waals surface area contributed by atoms with Crippen molar-refractivity contribution in [2.24, 2.45) is 11.8 Å². The fourth-order valence-corrected chi connectivity index (χ4v) is 11.8. The van der Waals surface area contributed by atoms with Crippen molar-refractivity contribution in [2.45, 2.75) is 362 Å². The van der Waals surface area contributed by atoms with Gasteiger partial charge in [-0.2, -0.15) is 0 Å². The van der Waals surface area contributed by atoms with E-state index in [0.29, 0.717) is 25.7 Å². The first-order valence-corrected chi connectivity index (χ1v) is 38.5. The van der Waals surface area contributed by atoms with E-state index < -0.39 is 97.5 Å². The third-order valence-corrected chi connectivity index (χ3v) is 18.0. The van der Waals surface area contributed by atoms with E-state index in [1.54, 1.807) is 0 Å². The third-order valence-electron chi connectivity index (χ3n) is 16.1. The average molecular weight is 1280 g/mol. The zero-order valence-electron chi connectivity index (χ0n) is 56.3. The van der Waals surface area contributed by atoms with Crippen LogP contribution in [0.2, 0.25) is 0 Å². The van der Waals surface area contributed by atoms with Crippen LogP contribution in [0.5, 0.6) is 0 Å². The van der Waals surface area contributed by atoms with Gasteiger partial charge in [-0.3, -0.25) is 37.3 Å². The van der Waals surface area contributed by atoms with E-state index in [0.717, 1.165) is 108 Å². The van der Waals surface area contributed by atoms with Crippen molar-refractivity contribution in [3.8, 4) is 0 Å². The molecule has 0 radical (unpaired) electrons. The Morgan fingerprint density at radius 1 is 0.333 bits per heavy atom. The van der Waals surface area contributed by atoms with Gasteiger partial charge in [0, 0.05) is 25.7 Å². The highest BCUT2D eigenvalue weighted by molar-refractivity contribution is 7.47. The van der Waals surface area contributed by atoms with Gasteiger partial charge in [-0.15, -0.1) is 0 Å². The number of phosphoric acid groups is 2. The van der Waals surface area contributed by atoms with Crippen LogP contribution in [0.25, 0.3) is 0 Å². The number of rotatable bonds is 67. The number of hydrogen-bond acceptors (Lipinski definition) is 15. The first-order valence-electron chi connectivity index (χ1n) is 35.5. The second kappa shape index (κ2) is 60.3. The number of carbonyl (C=O) groups excluding carboxylic acids is 4. The van der Waals surface area contributed by atoms with Crippen LogP contribution in [-0.2, 0) is 65.4 Å². The summed E-state index contributed by atoms with van der Waals surface area (Å²) in [5.74, 6) is -0.543. The van der Waals surface area contributed by atoms with Crippen LogP contribution in [0, 0.1) is 11.8 Å². The summed E-state index contributed by atoms with van der Waals surface area (Å²) >= 11 is 0. The van der Waals surface area contributed by atoms with Gasteiger partial charge in [0.15, 0.2) is 12.2 Å². The molecular formula is C68H132O17P2. The van der Waals surface area contributed by atoms with E-state index in [2.05, 4.69) is 41.5 Å². The molecule has 3 unspecified atom stereocenters. The molecule has 0 heterocycles. The van der Waals surface area contributed by atoms with Crippen molar-refractivity contribution in [2.75, 3.05) is 39.6 Å². The molecule has 17 nitrogen and oxygen atoms in total. The normalized spacial score (nSPS) is 14.5. The standard InChI is InChI=1S/C68H132O17P2/c1-7-10-12-14-16-18-27-34-40-46-52-67(72)84-63(56-78-65(70)50-44-38-32-17-15-13-11-8-2)58-82-86(74,75)80-54-62(69)55-81-87(76,77)83-59-64(57-79-66(71)51-45-39-33-28-24-23-26-31-37-43-49-61(6)9-3)85-68(73)53-47-41-35-29-22-20-19-21-25-30-36-42-48-60(4)5/h60-64,69H,7-59H2,1-6H3,(H,74,75)(H,76,77)/t61?,62-,63+,64+/m0/s1. The molecular weight excluding hydrogens is 1150 g/mol. The molecule has 0 aliphatic carbocycles. The Bertz CT molecular complexity index is 1700. The summed E-state index contributed by atoms with van der Waals surface area (Å²) in [4.78, 5) is 72.3. The summed E-state index contributed by atoms with van der Waals surface area (Å²) in [6, 6.07) is 0. The number of aliphatic hydroxyl groups excluding tert-OH is 1. The zero-order valence-corrected chi connectivity index (χ0v) is 58.1. The smallest absolute Gasteiger partial charge is 0.462 e. The van der Waals surface area contributed by atoms with Crippen molar-refractivity contribution in [3.63, 3.8) is 0 Å². The first kappa shape index (κ1) is 85.1. The van der Waals surface area contributed by atoms with Crippen molar-refractivity contribution < 1.29 is 80.2 Å². The Labute approximate surface area is 530 Å². The van der Waals surface area contributed by atoms with Crippen molar-refractivity contribution in [1.29, 1.82) is 0 Å². The summed E-state index contributed by atoms with van der Waals surface area (Å²) < 4.78 is 68.1. The predicted molar refractivity (Wildman–Crippen MR) is 349 cm³/mol. The fourth-order valence-electron chi connectivity index (χ4n) is 10.2. The minimum Gasteiger partial charge on any atom is -0.462 e. The summed E-state index contributed by atoms with van der Waals surface area (Å²) in [5, 5.41) is 10.6. The van der Waals surface area contributed by atoms with E-state index in [9.17, 15) is 43.2 Å². The Kier molecular flexibility index (Phi) is 59.0. The minimum atomic E-state index is -4.95. The van der Waals surface area contributed by atoms with Gasteiger partial charge in [0.2, 0.25) is 0 Å². The van der Waals surface area contributed by atoms with E-state index in [4.69, 9.17) is 37.0 Å². The zero-order chi connectivity index (χ0) is 64.3. The highest BCUT2D eigenvalue weighted by Gasteiger charge is 2.30. The van der Waals surface area contributed by atoms with E-state index in [1.165, 1.54) is 154 Å². The number of carbonyl (C=O) groups is 4. The lowest BCUT2D eigenvalue weighted by Gasteiger charge is -2.21. The van der Waals surface area contributed by atoms with Crippen molar-refractivity contribution >= 4 is 39.5 Å². The fraction of sp³-hybridized carbons (Fsp3) is 0.941. The molecule has 19 heteroatoms. The van der Waals surface area contributed by atoms with Crippen LogP contribution < -0.4 is 0 Å². The molecule has 0 saturated carbocycles. The molecule has 0 spiro atoms. The third kappa shape index (κ3) is 61.3. The van der Waals surface area contributed by atoms with E-state index in [-0.39, 0.29) is 25.7 Å². The summed E-state index contributed by atoms with van der Waals surface area (Å²) in [5.41, 5.74) is 0. The van der Waals surface area contributed by atoms with Gasteiger partial charge in [0.05, 0.1) is 26.4 Å². The summed E-state index contributed by atoms with van der Waals surface area (Å²) in [6.07, 6.45) is 44.3. The molecule has 0 amide bonds. The number of phosphoric ester groups is 2. The largest absolute Gasteiger partial charge is 0.472 e. The molecule has 516 valence electrons. The molecule has 0 aliphatic rings. The maximum Gasteiger partial charge on any atom is 0.472 e. The van der Waals surface area contributed by atoms with Gasteiger partial charge < -0.3 is 33.8 Å². The minimum absolute atomic E-state index is 0.106. The molecule has 0 fully saturated rings. The van der Waals surface area contributed by atoms with Crippen LogP contribution in [-0.4, -0.2) is 96.7 Å². The molecule has 6 atom stereocenters. The highest BCUT2D eigenvalue weighted by Crippen LogP contribution is 2.45.